The molecule has 0 aliphatic rings. The first-order valence-electron chi connectivity index (χ1n) is 6.40. The number of carbonyl (C=O) groups excluding carboxylic acids is 1. The van der Waals surface area contributed by atoms with Crippen LogP contribution in [-0.4, -0.2) is 42.1 Å². The highest BCUT2D eigenvalue weighted by atomic mass is 35.5. The number of amides is 1. The van der Waals surface area contributed by atoms with Crippen LogP contribution in [0.1, 0.15) is 20.8 Å². The molecule has 106 valence electrons. The molecule has 1 heterocycles. The molecule has 0 atom stereocenters. The van der Waals surface area contributed by atoms with E-state index < -0.39 is 0 Å². The second kappa shape index (κ2) is 7.78. The third-order valence-corrected chi connectivity index (χ3v) is 2.72. The third-order valence-electron chi connectivity index (χ3n) is 2.45. The van der Waals surface area contributed by atoms with E-state index in [0.717, 1.165) is 6.54 Å². The molecular formula is C12H20ClN5O. The Morgan fingerprint density at radius 3 is 2.68 bits per heavy atom. The molecular weight excluding hydrogens is 266 g/mol. The van der Waals surface area contributed by atoms with Crippen molar-refractivity contribution in [2.75, 3.05) is 36.4 Å². The zero-order chi connectivity index (χ0) is 14.3. The summed E-state index contributed by atoms with van der Waals surface area (Å²) in [5, 5.41) is 6.22. The molecule has 0 fully saturated rings. The molecule has 0 saturated carbocycles. The van der Waals surface area contributed by atoms with E-state index in [0.29, 0.717) is 29.9 Å². The van der Waals surface area contributed by atoms with Gasteiger partial charge in [-0.05, 0) is 20.8 Å². The summed E-state index contributed by atoms with van der Waals surface area (Å²) in [6.45, 7) is 8.00. The largest absolute Gasteiger partial charge is 0.355 e. The van der Waals surface area contributed by atoms with Gasteiger partial charge in [0.1, 0.15) is 5.02 Å². The Hall–Kier alpha value is -1.56. The average Bonchev–Trinajstić information content (AvgIpc) is 2.39. The zero-order valence-corrected chi connectivity index (χ0v) is 12.3. The minimum atomic E-state index is -0.0518. The summed E-state index contributed by atoms with van der Waals surface area (Å²) in [6.07, 6.45) is 1.54. The molecule has 0 aliphatic carbocycles. The number of halogens is 1. The summed E-state index contributed by atoms with van der Waals surface area (Å²) in [6, 6.07) is 0. The predicted molar refractivity (Wildman–Crippen MR) is 77.8 cm³/mol. The first kappa shape index (κ1) is 15.5. The molecule has 0 aromatic carbocycles. The highest BCUT2D eigenvalue weighted by Gasteiger charge is 2.15. The van der Waals surface area contributed by atoms with Crippen LogP contribution in [0.15, 0.2) is 6.20 Å². The number of nitrogens with zero attached hydrogens (tertiary/aromatic N) is 3. The number of rotatable bonds is 7. The van der Waals surface area contributed by atoms with Crippen molar-refractivity contribution in [3.8, 4) is 0 Å². The molecule has 7 heteroatoms. The van der Waals surface area contributed by atoms with Crippen LogP contribution in [0, 0.1) is 0 Å². The van der Waals surface area contributed by atoms with Crippen molar-refractivity contribution in [2.45, 2.75) is 20.8 Å². The smallest absolute Gasteiger partial charge is 0.239 e. The van der Waals surface area contributed by atoms with Crippen LogP contribution in [0.25, 0.3) is 0 Å². The van der Waals surface area contributed by atoms with Gasteiger partial charge in [-0.3, -0.25) is 4.79 Å². The predicted octanol–water partition coefficient (Wildman–Crippen LogP) is 1.52. The fourth-order valence-corrected chi connectivity index (χ4v) is 1.80. The lowest BCUT2D eigenvalue weighted by Crippen LogP contribution is -2.37. The minimum absolute atomic E-state index is 0.0518. The maximum atomic E-state index is 11.7. The van der Waals surface area contributed by atoms with Gasteiger partial charge in [0.15, 0.2) is 5.82 Å². The van der Waals surface area contributed by atoms with Crippen LogP contribution in [0.3, 0.4) is 0 Å². The quantitative estimate of drug-likeness (QED) is 0.795. The summed E-state index contributed by atoms with van der Waals surface area (Å²) in [5.41, 5.74) is 0. The first-order chi connectivity index (χ1) is 9.12. The first-order valence-corrected chi connectivity index (χ1v) is 6.78. The van der Waals surface area contributed by atoms with Crippen LogP contribution >= 0.6 is 11.6 Å². The molecule has 19 heavy (non-hydrogen) atoms. The molecule has 6 nitrogen and oxygen atoms in total. The molecule has 1 aromatic rings. The van der Waals surface area contributed by atoms with Crippen LogP contribution in [0.5, 0.6) is 0 Å². The zero-order valence-electron chi connectivity index (χ0n) is 11.5. The molecule has 0 unspecified atom stereocenters. The minimum Gasteiger partial charge on any atom is -0.355 e. The van der Waals surface area contributed by atoms with Gasteiger partial charge < -0.3 is 15.5 Å². The van der Waals surface area contributed by atoms with Gasteiger partial charge in [0.05, 0.1) is 12.7 Å². The number of hydrogen-bond donors (Lipinski definition) is 2. The maximum Gasteiger partial charge on any atom is 0.239 e. The Kier molecular flexibility index (Phi) is 6.35. The number of aromatic nitrogens is 2. The van der Waals surface area contributed by atoms with Gasteiger partial charge in [0, 0.05) is 19.6 Å². The normalized spacial score (nSPS) is 10.1. The summed E-state index contributed by atoms with van der Waals surface area (Å²) in [7, 11) is 0. The van der Waals surface area contributed by atoms with Crippen LogP contribution < -0.4 is 15.5 Å². The third kappa shape index (κ3) is 4.55. The van der Waals surface area contributed by atoms with Crippen molar-refractivity contribution < 1.29 is 4.79 Å². The SMILES string of the molecule is CCNC(=O)CN(CC)c1nc(NCC)ncc1Cl. The summed E-state index contributed by atoms with van der Waals surface area (Å²) in [5.74, 6) is 1.03. The Bertz CT molecular complexity index is 427. The summed E-state index contributed by atoms with van der Waals surface area (Å²) >= 11 is 6.10. The highest BCUT2D eigenvalue weighted by Crippen LogP contribution is 2.23. The van der Waals surface area contributed by atoms with Gasteiger partial charge in [-0.2, -0.15) is 4.98 Å². The van der Waals surface area contributed by atoms with E-state index in [4.69, 9.17) is 11.6 Å². The summed E-state index contributed by atoms with van der Waals surface area (Å²) in [4.78, 5) is 21.9. The molecule has 0 bridgehead atoms. The van der Waals surface area contributed by atoms with Crippen molar-refractivity contribution in [3.63, 3.8) is 0 Å². The van der Waals surface area contributed by atoms with Gasteiger partial charge in [-0.15, -0.1) is 0 Å². The fourth-order valence-electron chi connectivity index (χ4n) is 1.59. The lowest BCUT2D eigenvalue weighted by Gasteiger charge is -2.22. The van der Waals surface area contributed by atoms with Crippen molar-refractivity contribution >= 4 is 29.3 Å². The number of nitrogens with one attached hydrogen (secondary N) is 2. The molecule has 1 aromatic heterocycles. The van der Waals surface area contributed by atoms with Crippen LogP contribution in [0.2, 0.25) is 5.02 Å². The Labute approximate surface area is 118 Å². The molecule has 0 saturated heterocycles. The van der Waals surface area contributed by atoms with E-state index in [-0.39, 0.29) is 12.5 Å². The van der Waals surface area contributed by atoms with Gasteiger partial charge in [0.25, 0.3) is 0 Å². The van der Waals surface area contributed by atoms with Gasteiger partial charge >= 0.3 is 0 Å². The van der Waals surface area contributed by atoms with E-state index in [9.17, 15) is 4.79 Å². The molecule has 1 rings (SSSR count). The second-order valence-corrected chi connectivity index (χ2v) is 4.27. The van der Waals surface area contributed by atoms with Crippen molar-refractivity contribution in [1.29, 1.82) is 0 Å². The van der Waals surface area contributed by atoms with E-state index in [1.807, 2.05) is 25.7 Å². The lowest BCUT2D eigenvalue weighted by molar-refractivity contribution is -0.119. The Morgan fingerprint density at radius 2 is 2.11 bits per heavy atom. The molecule has 1 amide bonds. The highest BCUT2D eigenvalue weighted by molar-refractivity contribution is 6.32. The Morgan fingerprint density at radius 1 is 1.37 bits per heavy atom. The van der Waals surface area contributed by atoms with Crippen LogP contribution in [-0.2, 0) is 4.79 Å². The van der Waals surface area contributed by atoms with E-state index in [1.54, 1.807) is 6.20 Å². The van der Waals surface area contributed by atoms with Crippen molar-refractivity contribution in [3.05, 3.63) is 11.2 Å². The number of likely N-dealkylation sites (N-methyl/N-ethyl adjacent to an activating group) is 2. The monoisotopic (exact) mass is 285 g/mol. The average molecular weight is 286 g/mol. The molecule has 0 aliphatic heterocycles. The van der Waals surface area contributed by atoms with Gasteiger partial charge in [-0.25, -0.2) is 4.98 Å². The standard InChI is InChI=1S/C12H20ClN5O/c1-4-14-10(19)8-18(6-3)11-9(13)7-16-12(17-11)15-5-2/h7H,4-6,8H2,1-3H3,(H,14,19)(H,15,16,17). The number of hydrogen-bond acceptors (Lipinski definition) is 5. The van der Waals surface area contributed by atoms with Crippen LogP contribution in [0.4, 0.5) is 11.8 Å². The van der Waals surface area contributed by atoms with Crippen molar-refractivity contribution in [2.24, 2.45) is 0 Å². The number of carbonyl (C=O) groups is 1. The lowest BCUT2D eigenvalue weighted by atomic mass is 10.4. The molecule has 2 N–H and O–H groups in total. The summed E-state index contributed by atoms with van der Waals surface area (Å²) < 4.78 is 0. The number of anilines is 2. The Balaban J connectivity index is 2.90. The molecule has 0 spiro atoms. The van der Waals surface area contributed by atoms with Gasteiger partial charge in [-0.1, -0.05) is 11.6 Å². The molecule has 0 radical (unpaired) electrons. The maximum absolute atomic E-state index is 11.7. The van der Waals surface area contributed by atoms with Crippen molar-refractivity contribution in [1.82, 2.24) is 15.3 Å². The topological polar surface area (TPSA) is 70.2 Å². The van der Waals surface area contributed by atoms with E-state index >= 15 is 0 Å². The fraction of sp³-hybridized carbons (Fsp3) is 0.583. The van der Waals surface area contributed by atoms with E-state index in [1.165, 1.54) is 0 Å². The van der Waals surface area contributed by atoms with Gasteiger partial charge in [0.2, 0.25) is 11.9 Å². The second-order valence-electron chi connectivity index (χ2n) is 3.86. The van der Waals surface area contributed by atoms with E-state index in [2.05, 4.69) is 20.6 Å².